The molecule has 1 aliphatic heterocycles. The van der Waals surface area contributed by atoms with Crippen molar-refractivity contribution < 1.29 is 12.8 Å². The van der Waals surface area contributed by atoms with Gasteiger partial charge in [0.2, 0.25) is 10.0 Å². The van der Waals surface area contributed by atoms with Gasteiger partial charge < -0.3 is 5.32 Å². The van der Waals surface area contributed by atoms with Crippen LogP contribution in [0, 0.1) is 5.82 Å². The van der Waals surface area contributed by atoms with Gasteiger partial charge in [-0.3, -0.25) is 0 Å². The number of aryl methyl sites for hydroxylation is 1. The SMILES string of the molecule is O=S(=O)(c1ccc(NC2CCc3ccc(F)cc32)nc1)N1CCCC1. The average molecular weight is 361 g/mol. The van der Waals surface area contributed by atoms with Crippen LogP contribution in [0.4, 0.5) is 10.2 Å². The number of benzene rings is 1. The predicted octanol–water partition coefficient (Wildman–Crippen LogP) is 3.10. The molecule has 1 fully saturated rings. The fourth-order valence-electron chi connectivity index (χ4n) is 3.60. The molecule has 0 spiro atoms. The van der Waals surface area contributed by atoms with E-state index in [1.54, 1.807) is 18.2 Å². The Bertz CT molecular complexity index is 878. The highest BCUT2D eigenvalue weighted by molar-refractivity contribution is 7.89. The molecule has 2 aromatic rings. The molecule has 1 atom stereocenters. The van der Waals surface area contributed by atoms with Crippen molar-refractivity contribution in [3.63, 3.8) is 0 Å². The minimum atomic E-state index is -3.44. The lowest BCUT2D eigenvalue weighted by Crippen LogP contribution is -2.27. The van der Waals surface area contributed by atoms with E-state index < -0.39 is 10.0 Å². The van der Waals surface area contributed by atoms with Gasteiger partial charge in [-0.05, 0) is 61.1 Å². The van der Waals surface area contributed by atoms with E-state index in [1.807, 2.05) is 6.07 Å². The molecule has 1 aromatic heterocycles. The second kappa shape index (κ2) is 6.38. The number of nitrogens with one attached hydrogen (secondary N) is 1. The van der Waals surface area contributed by atoms with Crippen molar-refractivity contribution in [2.75, 3.05) is 18.4 Å². The maximum Gasteiger partial charge on any atom is 0.244 e. The fourth-order valence-corrected chi connectivity index (χ4v) is 5.06. The Morgan fingerprint density at radius 2 is 1.96 bits per heavy atom. The van der Waals surface area contributed by atoms with Gasteiger partial charge in [-0.2, -0.15) is 4.31 Å². The van der Waals surface area contributed by atoms with Crippen LogP contribution in [0.2, 0.25) is 0 Å². The van der Waals surface area contributed by atoms with Gasteiger partial charge in [0.25, 0.3) is 0 Å². The van der Waals surface area contributed by atoms with Crippen molar-refractivity contribution in [2.24, 2.45) is 0 Å². The van der Waals surface area contributed by atoms with Gasteiger partial charge in [0.1, 0.15) is 16.5 Å². The minimum Gasteiger partial charge on any atom is -0.363 e. The average Bonchev–Trinajstić information content (AvgIpc) is 3.26. The Morgan fingerprint density at radius 1 is 1.16 bits per heavy atom. The van der Waals surface area contributed by atoms with Crippen LogP contribution in [-0.4, -0.2) is 30.8 Å². The van der Waals surface area contributed by atoms with Crippen LogP contribution >= 0.6 is 0 Å². The summed E-state index contributed by atoms with van der Waals surface area (Å²) in [6.45, 7) is 1.15. The van der Waals surface area contributed by atoms with Gasteiger partial charge in [0, 0.05) is 19.3 Å². The molecule has 0 saturated carbocycles. The second-order valence-electron chi connectivity index (χ2n) is 6.57. The van der Waals surface area contributed by atoms with Crippen molar-refractivity contribution in [3.8, 4) is 0 Å². The van der Waals surface area contributed by atoms with Crippen LogP contribution < -0.4 is 5.32 Å². The maximum absolute atomic E-state index is 13.5. The first kappa shape index (κ1) is 16.5. The molecule has 132 valence electrons. The molecular formula is C18H20FN3O2S. The highest BCUT2D eigenvalue weighted by Crippen LogP contribution is 2.34. The zero-order valence-corrected chi connectivity index (χ0v) is 14.6. The third-order valence-electron chi connectivity index (χ3n) is 4.95. The largest absolute Gasteiger partial charge is 0.363 e. The lowest BCUT2D eigenvalue weighted by Gasteiger charge is -2.17. The van der Waals surface area contributed by atoms with E-state index in [1.165, 1.54) is 16.6 Å². The molecule has 25 heavy (non-hydrogen) atoms. The van der Waals surface area contributed by atoms with Crippen molar-refractivity contribution in [1.29, 1.82) is 0 Å². The van der Waals surface area contributed by atoms with Gasteiger partial charge in [0.05, 0.1) is 6.04 Å². The zero-order chi connectivity index (χ0) is 17.4. The Morgan fingerprint density at radius 3 is 2.68 bits per heavy atom. The lowest BCUT2D eigenvalue weighted by atomic mass is 10.1. The molecule has 5 nitrogen and oxygen atoms in total. The smallest absolute Gasteiger partial charge is 0.244 e. The topological polar surface area (TPSA) is 62.3 Å². The van der Waals surface area contributed by atoms with E-state index in [-0.39, 0.29) is 16.8 Å². The van der Waals surface area contributed by atoms with E-state index in [4.69, 9.17) is 0 Å². The van der Waals surface area contributed by atoms with Crippen LogP contribution in [0.15, 0.2) is 41.4 Å². The Labute approximate surface area is 146 Å². The number of aromatic nitrogens is 1. The first-order chi connectivity index (χ1) is 12.0. The van der Waals surface area contributed by atoms with Crippen LogP contribution in [0.25, 0.3) is 0 Å². The van der Waals surface area contributed by atoms with Gasteiger partial charge >= 0.3 is 0 Å². The van der Waals surface area contributed by atoms with Crippen LogP contribution in [-0.2, 0) is 16.4 Å². The Balaban J connectivity index is 1.51. The van der Waals surface area contributed by atoms with Crippen molar-refractivity contribution in [2.45, 2.75) is 36.6 Å². The van der Waals surface area contributed by atoms with Crippen LogP contribution in [0.1, 0.15) is 36.4 Å². The number of pyridine rings is 1. The van der Waals surface area contributed by atoms with Gasteiger partial charge in [-0.1, -0.05) is 6.07 Å². The van der Waals surface area contributed by atoms with Crippen LogP contribution in [0.3, 0.4) is 0 Å². The molecule has 1 aliphatic carbocycles. The third kappa shape index (κ3) is 3.14. The Hall–Kier alpha value is -1.99. The second-order valence-corrected chi connectivity index (χ2v) is 8.51. The summed E-state index contributed by atoms with van der Waals surface area (Å²) in [4.78, 5) is 4.48. The van der Waals surface area contributed by atoms with Gasteiger partial charge in [0.15, 0.2) is 0 Å². The zero-order valence-electron chi connectivity index (χ0n) is 13.8. The molecule has 1 aromatic carbocycles. The summed E-state index contributed by atoms with van der Waals surface area (Å²) >= 11 is 0. The quantitative estimate of drug-likeness (QED) is 0.909. The number of hydrogen-bond acceptors (Lipinski definition) is 4. The van der Waals surface area contributed by atoms with E-state index in [0.29, 0.717) is 18.9 Å². The summed E-state index contributed by atoms with van der Waals surface area (Å²) < 4.78 is 40.0. The highest BCUT2D eigenvalue weighted by atomic mass is 32.2. The molecule has 0 radical (unpaired) electrons. The molecular weight excluding hydrogens is 341 g/mol. The molecule has 1 unspecified atom stereocenters. The van der Waals surface area contributed by atoms with Crippen molar-refractivity contribution in [3.05, 3.63) is 53.5 Å². The standard InChI is InChI=1S/C18H20FN3O2S/c19-14-5-3-13-4-7-17(16(13)11-14)21-18-8-6-15(12-20-18)25(23,24)22-9-1-2-10-22/h3,5-6,8,11-12,17H,1-2,4,7,9-10H2,(H,20,21). The molecule has 0 bridgehead atoms. The molecule has 1 N–H and O–H groups in total. The first-order valence-corrected chi connectivity index (χ1v) is 9.99. The minimum absolute atomic E-state index is 0.000704. The van der Waals surface area contributed by atoms with E-state index >= 15 is 0 Å². The highest BCUT2D eigenvalue weighted by Gasteiger charge is 2.28. The predicted molar refractivity (Wildman–Crippen MR) is 93.3 cm³/mol. The number of anilines is 1. The number of nitrogens with zero attached hydrogens (tertiary/aromatic N) is 2. The summed E-state index contributed by atoms with van der Waals surface area (Å²) in [7, 11) is -3.44. The normalized spacial score (nSPS) is 20.6. The van der Waals surface area contributed by atoms with Crippen molar-refractivity contribution >= 4 is 15.8 Å². The summed E-state index contributed by atoms with van der Waals surface area (Å²) in [5.74, 6) is 0.356. The summed E-state index contributed by atoms with van der Waals surface area (Å²) in [6, 6.07) is 8.14. The number of hydrogen-bond donors (Lipinski definition) is 1. The molecule has 2 aliphatic rings. The molecule has 7 heteroatoms. The summed E-state index contributed by atoms with van der Waals surface area (Å²) in [6.07, 6.45) is 4.98. The fraction of sp³-hybridized carbons (Fsp3) is 0.389. The van der Waals surface area contributed by atoms with E-state index in [0.717, 1.165) is 36.8 Å². The van der Waals surface area contributed by atoms with Crippen LogP contribution in [0.5, 0.6) is 0 Å². The first-order valence-electron chi connectivity index (χ1n) is 8.55. The van der Waals surface area contributed by atoms with Gasteiger partial charge in [-0.25, -0.2) is 17.8 Å². The third-order valence-corrected chi connectivity index (χ3v) is 6.83. The number of rotatable bonds is 4. The van der Waals surface area contributed by atoms with E-state index in [2.05, 4.69) is 10.3 Å². The van der Waals surface area contributed by atoms with Crippen molar-refractivity contribution in [1.82, 2.24) is 9.29 Å². The lowest BCUT2D eigenvalue weighted by molar-refractivity contribution is 0.477. The summed E-state index contributed by atoms with van der Waals surface area (Å²) in [5.41, 5.74) is 2.10. The molecule has 1 saturated heterocycles. The number of halogens is 1. The number of sulfonamides is 1. The summed E-state index contributed by atoms with van der Waals surface area (Å²) in [5, 5.41) is 3.29. The molecule has 2 heterocycles. The maximum atomic E-state index is 13.5. The molecule has 0 amide bonds. The monoisotopic (exact) mass is 361 g/mol. The Kier molecular flexibility index (Phi) is 4.21. The number of fused-ring (bicyclic) bond motifs is 1. The molecule has 4 rings (SSSR count). The van der Waals surface area contributed by atoms with E-state index in [9.17, 15) is 12.8 Å². The van der Waals surface area contributed by atoms with Gasteiger partial charge in [-0.15, -0.1) is 0 Å².